The molecule has 0 heterocycles. The van der Waals surface area contributed by atoms with Crippen LogP contribution in [0.5, 0.6) is 0 Å². The number of carbonyl (C=O) groups is 1. The fourth-order valence-corrected chi connectivity index (χ4v) is 1.44. The number of ether oxygens (including phenoxy) is 2. The Morgan fingerprint density at radius 1 is 1.12 bits per heavy atom. The van der Waals surface area contributed by atoms with Crippen LogP contribution in [0.2, 0.25) is 0 Å². The van der Waals surface area contributed by atoms with Crippen molar-refractivity contribution in [2.24, 2.45) is 0 Å². The third-order valence-electron chi connectivity index (χ3n) is 2.43. The summed E-state index contributed by atoms with van der Waals surface area (Å²) in [6.07, 6.45) is 4.63. The Morgan fingerprint density at radius 2 is 1.88 bits per heavy atom. The van der Waals surface area contributed by atoms with Crippen molar-refractivity contribution in [3.63, 3.8) is 0 Å². The Hall–Kier alpha value is -1.35. The van der Waals surface area contributed by atoms with Crippen molar-refractivity contribution in [1.29, 1.82) is 0 Å². The third-order valence-corrected chi connectivity index (χ3v) is 2.43. The van der Waals surface area contributed by atoms with Gasteiger partial charge in [0.2, 0.25) is 0 Å². The summed E-state index contributed by atoms with van der Waals surface area (Å²) in [5.74, 6) is -0.334. The smallest absolute Gasteiger partial charge is 0.340 e. The number of esters is 1. The van der Waals surface area contributed by atoms with Gasteiger partial charge in [0, 0.05) is 0 Å². The molecule has 3 nitrogen and oxygen atoms in total. The molecule has 0 aromatic heterocycles. The van der Waals surface area contributed by atoms with Crippen LogP contribution in [0.25, 0.3) is 0 Å². The van der Waals surface area contributed by atoms with Gasteiger partial charge in [0.15, 0.2) is 6.79 Å². The van der Waals surface area contributed by atoms with Gasteiger partial charge in [-0.2, -0.15) is 0 Å². The van der Waals surface area contributed by atoms with Crippen LogP contribution in [0.4, 0.5) is 0 Å². The van der Waals surface area contributed by atoms with Crippen LogP contribution in [0, 0.1) is 0 Å². The zero-order valence-electron chi connectivity index (χ0n) is 10.4. The molecule has 0 fully saturated rings. The lowest BCUT2D eigenvalue weighted by Crippen LogP contribution is -2.09. The maximum atomic E-state index is 11.5. The summed E-state index contributed by atoms with van der Waals surface area (Å²) >= 11 is 0. The van der Waals surface area contributed by atoms with Crippen LogP contribution in [0.3, 0.4) is 0 Å². The van der Waals surface area contributed by atoms with Crippen molar-refractivity contribution in [3.8, 4) is 0 Å². The van der Waals surface area contributed by atoms with Gasteiger partial charge in [0.25, 0.3) is 0 Å². The summed E-state index contributed by atoms with van der Waals surface area (Å²) in [4.78, 5) is 11.5. The minimum absolute atomic E-state index is 0.0415. The molecule has 17 heavy (non-hydrogen) atoms. The van der Waals surface area contributed by atoms with Crippen LogP contribution < -0.4 is 0 Å². The highest BCUT2D eigenvalue weighted by Gasteiger charge is 2.04. The van der Waals surface area contributed by atoms with Gasteiger partial charge >= 0.3 is 5.97 Å². The van der Waals surface area contributed by atoms with Crippen LogP contribution in [-0.2, 0) is 9.47 Å². The van der Waals surface area contributed by atoms with Crippen molar-refractivity contribution < 1.29 is 14.3 Å². The topological polar surface area (TPSA) is 35.5 Å². The number of unbranched alkanes of at least 4 members (excludes halogenated alkanes) is 3. The highest BCUT2D eigenvalue weighted by Crippen LogP contribution is 2.02. The van der Waals surface area contributed by atoms with E-state index in [0.29, 0.717) is 12.2 Å². The minimum atomic E-state index is -0.334. The van der Waals surface area contributed by atoms with E-state index in [1.54, 1.807) is 12.1 Å². The summed E-state index contributed by atoms with van der Waals surface area (Å²) in [7, 11) is 0. The summed E-state index contributed by atoms with van der Waals surface area (Å²) in [6.45, 7) is 2.87. The Bertz CT molecular complexity index is 309. The molecular formula is C14H20O3. The van der Waals surface area contributed by atoms with Crippen LogP contribution in [-0.4, -0.2) is 19.4 Å². The largest absolute Gasteiger partial charge is 0.435 e. The van der Waals surface area contributed by atoms with Crippen molar-refractivity contribution in [2.45, 2.75) is 32.6 Å². The number of hydrogen-bond acceptors (Lipinski definition) is 3. The van der Waals surface area contributed by atoms with Crippen molar-refractivity contribution in [2.75, 3.05) is 13.4 Å². The predicted molar refractivity (Wildman–Crippen MR) is 66.8 cm³/mol. The lowest BCUT2D eigenvalue weighted by Gasteiger charge is -2.05. The lowest BCUT2D eigenvalue weighted by molar-refractivity contribution is -0.0323. The highest BCUT2D eigenvalue weighted by atomic mass is 16.7. The van der Waals surface area contributed by atoms with Gasteiger partial charge in [-0.25, -0.2) is 4.79 Å². The molecule has 1 aromatic rings. The van der Waals surface area contributed by atoms with E-state index in [2.05, 4.69) is 6.92 Å². The fraction of sp³-hybridized carbons (Fsp3) is 0.500. The number of carbonyl (C=O) groups excluding carboxylic acids is 1. The Kier molecular flexibility index (Phi) is 7.07. The van der Waals surface area contributed by atoms with Crippen LogP contribution in [0.15, 0.2) is 30.3 Å². The first-order valence-electron chi connectivity index (χ1n) is 6.14. The second kappa shape index (κ2) is 8.76. The second-order valence-electron chi connectivity index (χ2n) is 3.88. The average Bonchev–Trinajstić information content (AvgIpc) is 2.38. The van der Waals surface area contributed by atoms with E-state index in [9.17, 15) is 4.79 Å². The molecule has 0 atom stereocenters. The van der Waals surface area contributed by atoms with Gasteiger partial charge in [0.1, 0.15) is 0 Å². The summed E-state index contributed by atoms with van der Waals surface area (Å²) in [5.41, 5.74) is 0.557. The molecule has 0 aliphatic carbocycles. The first-order valence-corrected chi connectivity index (χ1v) is 6.14. The average molecular weight is 236 g/mol. The predicted octanol–water partition coefficient (Wildman–Crippen LogP) is 3.40. The SMILES string of the molecule is CCCCCCOCOC(=O)c1ccccc1. The minimum Gasteiger partial charge on any atom is -0.435 e. The normalized spacial score (nSPS) is 10.2. The zero-order chi connectivity index (χ0) is 12.3. The van der Waals surface area contributed by atoms with E-state index in [0.717, 1.165) is 6.42 Å². The van der Waals surface area contributed by atoms with E-state index in [1.807, 2.05) is 18.2 Å². The molecule has 3 heteroatoms. The van der Waals surface area contributed by atoms with Gasteiger partial charge in [0.05, 0.1) is 12.2 Å². The number of benzene rings is 1. The molecule has 0 aliphatic heterocycles. The van der Waals surface area contributed by atoms with E-state index < -0.39 is 0 Å². The monoisotopic (exact) mass is 236 g/mol. The van der Waals surface area contributed by atoms with Gasteiger partial charge in [-0.05, 0) is 18.6 Å². The standard InChI is InChI=1S/C14H20O3/c1-2-3-4-8-11-16-12-17-14(15)13-9-6-5-7-10-13/h5-7,9-10H,2-4,8,11-12H2,1H3. The van der Waals surface area contributed by atoms with Gasteiger partial charge in [-0.15, -0.1) is 0 Å². The van der Waals surface area contributed by atoms with E-state index in [1.165, 1.54) is 19.3 Å². The molecule has 0 radical (unpaired) electrons. The van der Waals surface area contributed by atoms with Gasteiger partial charge in [-0.3, -0.25) is 0 Å². The molecule has 0 amide bonds. The first kappa shape index (κ1) is 13.7. The van der Waals surface area contributed by atoms with Gasteiger partial charge in [-0.1, -0.05) is 44.4 Å². The summed E-state index contributed by atoms with van der Waals surface area (Å²) < 4.78 is 10.2. The molecule has 94 valence electrons. The van der Waals surface area contributed by atoms with E-state index in [4.69, 9.17) is 9.47 Å². The van der Waals surface area contributed by atoms with Crippen LogP contribution >= 0.6 is 0 Å². The molecular weight excluding hydrogens is 216 g/mol. The Balaban J connectivity index is 2.05. The quantitative estimate of drug-likeness (QED) is 0.394. The number of hydrogen-bond donors (Lipinski definition) is 0. The molecule has 0 N–H and O–H groups in total. The molecule has 0 saturated carbocycles. The molecule has 0 saturated heterocycles. The van der Waals surface area contributed by atoms with Crippen molar-refractivity contribution in [1.82, 2.24) is 0 Å². The van der Waals surface area contributed by atoms with Crippen molar-refractivity contribution in [3.05, 3.63) is 35.9 Å². The molecule has 0 bridgehead atoms. The Morgan fingerprint density at radius 3 is 2.59 bits per heavy atom. The second-order valence-corrected chi connectivity index (χ2v) is 3.88. The highest BCUT2D eigenvalue weighted by molar-refractivity contribution is 5.89. The van der Waals surface area contributed by atoms with Gasteiger partial charge < -0.3 is 9.47 Å². The maximum absolute atomic E-state index is 11.5. The third kappa shape index (κ3) is 6.07. The lowest BCUT2D eigenvalue weighted by atomic mass is 10.2. The molecule has 0 unspecified atom stereocenters. The van der Waals surface area contributed by atoms with Crippen LogP contribution in [0.1, 0.15) is 43.0 Å². The molecule has 0 spiro atoms. The van der Waals surface area contributed by atoms with E-state index in [-0.39, 0.29) is 12.8 Å². The molecule has 1 rings (SSSR count). The fourth-order valence-electron chi connectivity index (χ4n) is 1.44. The maximum Gasteiger partial charge on any atom is 0.340 e. The first-order chi connectivity index (χ1) is 8.34. The van der Waals surface area contributed by atoms with Crippen molar-refractivity contribution >= 4 is 5.97 Å². The zero-order valence-corrected chi connectivity index (χ0v) is 10.4. The Labute approximate surface area is 103 Å². The molecule has 1 aromatic carbocycles. The number of rotatable bonds is 8. The molecule has 0 aliphatic rings. The summed E-state index contributed by atoms with van der Waals surface area (Å²) in [5, 5.41) is 0. The summed E-state index contributed by atoms with van der Waals surface area (Å²) in [6, 6.07) is 8.93. The van der Waals surface area contributed by atoms with E-state index >= 15 is 0 Å².